The van der Waals surface area contributed by atoms with E-state index in [0.717, 1.165) is 11.1 Å². The van der Waals surface area contributed by atoms with Gasteiger partial charge in [-0.2, -0.15) is 0 Å². The quantitative estimate of drug-likeness (QED) is 0.682. The van der Waals surface area contributed by atoms with Crippen molar-refractivity contribution in [3.63, 3.8) is 0 Å². The highest BCUT2D eigenvalue weighted by molar-refractivity contribution is 6.02. The molecule has 6 atom stereocenters. The first kappa shape index (κ1) is 19.3. The lowest BCUT2D eigenvalue weighted by molar-refractivity contribution is -0.157. The van der Waals surface area contributed by atoms with Crippen molar-refractivity contribution in [2.24, 2.45) is 28.6 Å². The lowest BCUT2D eigenvalue weighted by Crippen LogP contribution is -2.56. The number of hydrogen-bond acceptors (Lipinski definition) is 5. The lowest BCUT2D eigenvalue weighted by atomic mass is 9.47. The summed E-state index contributed by atoms with van der Waals surface area (Å²) >= 11 is 0. The Morgan fingerprint density at radius 2 is 1.86 bits per heavy atom. The number of carbonyl (C=O) groups is 4. The predicted octanol–water partition coefficient (Wildman–Crippen LogP) is 3.36. The molecule has 4 rings (SSSR count). The maximum absolute atomic E-state index is 13.4. The topological polar surface area (TPSA) is 77.5 Å². The zero-order chi connectivity index (χ0) is 20.4. The summed E-state index contributed by atoms with van der Waals surface area (Å²) in [6.07, 6.45) is 6.34. The summed E-state index contributed by atoms with van der Waals surface area (Å²) in [6, 6.07) is 0. The number of hydrogen-bond donors (Lipinski definition) is 0. The summed E-state index contributed by atoms with van der Waals surface area (Å²) in [5, 5.41) is 0. The summed E-state index contributed by atoms with van der Waals surface area (Å²) in [6.45, 7) is 7.01. The van der Waals surface area contributed by atoms with Gasteiger partial charge in [-0.3, -0.25) is 19.2 Å². The van der Waals surface area contributed by atoms with Gasteiger partial charge in [-0.1, -0.05) is 25.5 Å². The van der Waals surface area contributed by atoms with Gasteiger partial charge in [-0.25, -0.2) is 0 Å². The second kappa shape index (κ2) is 6.23. The summed E-state index contributed by atoms with van der Waals surface area (Å²) in [7, 11) is 0. The molecule has 0 aromatic carbocycles. The van der Waals surface area contributed by atoms with E-state index in [9.17, 15) is 19.2 Å². The Balaban J connectivity index is 1.72. The van der Waals surface area contributed by atoms with E-state index < -0.39 is 10.8 Å². The number of Topliss-reactive ketones (excluding diaryl/α,β-unsaturated/α-hetero) is 2. The molecule has 0 heterocycles. The van der Waals surface area contributed by atoms with Crippen LogP contribution in [0.4, 0.5) is 0 Å². The fourth-order valence-electron chi connectivity index (χ4n) is 6.66. The minimum Gasteiger partial charge on any atom is -0.463 e. The van der Waals surface area contributed by atoms with Gasteiger partial charge in [0.15, 0.2) is 11.6 Å². The van der Waals surface area contributed by atoms with E-state index in [1.54, 1.807) is 13.0 Å². The number of allylic oxidation sites excluding steroid dienone is 4. The van der Waals surface area contributed by atoms with Crippen LogP contribution in [0.3, 0.4) is 0 Å². The Kier molecular flexibility index (Phi) is 4.29. The van der Waals surface area contributed by atoms with Gasteiger partial charge >= 0.3 is 5.97 Å². The maximum Gasteiger partial charge on any atom is 0.302 e. The van der Waals surface area contributed by atoms with Crippen molar-refractivity contribution in [3.05, 3.63) is 23.3 Å². The second-order valence-corrected chi connectivity index (χ2v) is 9.57. The number of esters is 1. The lowest BCUT2D eigenvalue weighted by Gasteiger charge is -2.55. The molecule has 5 nitrogen and oxygen atoms in total. The molecule has 2 saturated carbocycles. The molecule has 0 aromatic heterocycles. The Morgan fingerprint density at radius 3 is 2.50 bits per heavy atom. The molecule has 0 bridgehead atoms. The van der Waals surface area contributed by atoms with Crippen molar-refractivity contribution >= 4 is 23.3 Å². The zero-order valence-electron chi connectivity index (χ0n) is 17.0. The van der Waals surface area contributed by atoms with Crippen molar-refractivity contribution in [1.82, 2.24) is 0 Å². The number of ether oxygens (including phenoxy) is 1. The van der Waals surface area contributed by atoms with Gasteiger partial charge in [0.2, 0.25) is 0 Å². The molecule has 0 amide bonds. The van der Waals surface area contributed by atoms with E-state index in [1.807, 2.05) is 13.0 Å². The molecule has 4 aliphatic rings. The minimum atomic E-state index is -0.496. The van der Waals surface area contributed by atoms with E-state index in [2.05, 4.69) is 6.92 Å². The average Bonchev–Trinajstić information content (AvgIpc) is 2.92. The van der Waals surface area contributed by atoms with Crippen LogP contribution in [0.5, 0.6) is 0 Å². The SMILES string of the molecule is CC(=O)O[C@@H]1CC[C@@]2(C)[C@@H]3C(=O)C[C@@]4(C)C(C(C)=O)=CC[C@H]4C3=CC(=O)[C@H]2C1. The summed E-state index contributed by atoms with van der Waals surface area (Å²) in [5.41, 5.74) is 0.739. The van der Waals surface area contributed by atoms with E-state index in [1.165, 1.54) is 6.92 Å². The molecule has 0 aromatic rings. The van der Waals surface area contributed by atoms with Crippen LogP contribution in [0, 0.1) is 28.6 Å². The van der Waals surface area contributed by atoms with Gasteiger partial charge < -0.3 is 4.74 Å². The Morgan fingerprint density at radius 1 is 1.14 bits per heavy atom. The number of rotatable bonds is 2. The van der Waals surface area contributed by atoms with Gasteiger partial charge in [-0.15, -0.1) is 0 Å². The Hall–Kier alpha value is -2.04. The highest BCUT2D eigenvalue weighted by atomic mass is 16.5. The van der Waals surface area contributed by atoms with Crippen LogP contribution in [0.1, 0.15) is 59.8 Å². The highest BCUT2D eigenvalue weighted by Crippen LogP contribution is 2.63. The van der Waals surface area contributed by atoms with E-state index >= 15 is 0 Å². The molecule has 28 heavy (non-hydrogen) atoms. The Bertz CT molecular complexity index is 849. The van der Waals surface area contributed by atoms with Crippen molar-refractivity contribution in [1.29, 1.82) is 0 Å². The van der Waals surface area contributed by atoms with Crippen molar-refractivity contribution < 1.29 is 23.9 Å². The number of carbonyl (C=O) groups excluding carboxylic acids is 4. The molecule has 0 radical (unpaired) electrons. The first-order chi connectivity index (χ1) is 13.1. The normalized spacial score (nSPS) is 42.0. The zero-order valence-corrected chi connectivity index (χ0v) is 17.0. The third-order valence-electron chi connectivity index (χ3n) is 7.86. The summed E-state index contributed by atoms with van der Waals surface area (Å²) in [5.74, 6) is -0.650. The molecule has 0 N–H and O–H groups in total. The van der Waals surface area contributed by atoms with Crippen molar-refractivity contribution in [3.8, 4) is 0 Å². The van der Waals surface area contributed by atoms with Gasteiger partial charge in [-0.05, 0) is 55.6 Å². The van der Waals surface area contributed by atoms with Crippen LogP contribution in [0.2, 0.25) is 0 Å². The fourth-order valence-corrected chi connectivity index (χ4v) is 6.66. The fraction of sp³-hybridized carbons (Fsp3) is 0.652. The monoisotopic (exact) mass is 384 g/mol. The van der Waals surface area contributed by atoms with E-state index in [4.69, 9.17) is 4.74 Å². The van der Waals surface area contributed by atoms with Crippen LogP contribution < -0.4 is 0 Å². The van der Waals surface area contributed by atoms with Gasteiger partial charge in [0.05, 0.1) is 0 Å². The predicted molar refractivity (Wildman–Crippen MR) is 102 cm³/mol. The highest BCUT2D eigenvalue weighted by Gasteiger charge is 2.61. The molecule has 0 aliphatic heterocycles. The van der Waals surface area contributed by atoms with Crippen LogP contribution in [0.15, 0.2) is 23.3 Å². The van der Waals surface area contributed by atoms with Gasteiger partial charge in [0.25, 0.3) is 0 Å². The molecule has 0 spiro atoms. The second-order valence-electron chi connectivity index (χ2n) is 9.57. The first-order valence-electron chi connectivity index (χ1n) is 10.2. The summed E-state index contributed by atoms with van der Waals surface area (Å²) in [4.78, 5) is 50.0. The van der Waals surface area contributed by atoms with E-state index in [-0.39, 0.29) is 47.2 Å². The molecule has 150 valence electrons. The first-order valence-corrected chi connectivity index (χ1v) is 10.2. The van der Waals surface area contributed by atoms with Crippen molar-refractivity contribution in [2.45, 2.75) is 65.9 Å². The van der Waals surface area contributed by atoms with Crippen LogP contribution >= 0.6 is 0 Å². The average molecular weight is 384 g/mol. The van der Waals surface area contributed by atoms with Gasteiger partial charge in [0, 0.05) is 30.6 Å². The summed E-state index contributed by atoms with van der Waals surface area (Å²) < 4.78 is 5.38. The molecule has 0 unspecified atom stereocenters. The third kappa shape index (κ3) is 2.58. The molecule has 0 saturated heterocycles. The molecule has 4 aliphatic carbocycles. The molecular weight excluding hydrogens is 356 g/mol. The largest absolute Gasteiger partial charge is 0.463 e. The Labute approximate surface area is 165 Å². The standard InChI is InChI=1S/C23H28O5/c1-12(24)16-5-6-17-15-10-19(26)18-9-14(28-13(2)25)7-8-22(18,3)21(15)20(27)11-23(16,17)4/h5,10,14,17-18,21H,6-9,11H2,1-4H3/t14-,17+,18-,21+,22-,23+/m1/s1. The maximum atomic E-state index is 13.4. The number of ketones is 3. The molecule has 2 fully saturated rings. The van der Waals surface area contributed by atoms with Crippen LogP contribution in [-0.4, -0.2) is 29.4 Å². The smallest absolute Gasteiger partial charge is 0.302 e. The van der Waals surface area contributed by atoms with E-state index in [0.29, 0.717) is 32.1 Å². The third-order valence-corrected chi connectivity index (χ3v) is 7.86. The van der Waals surface area contributed by atoms with Crippen LogP contribution in [-0.2, 0) is 23.9 Å². The van der Waals surface area contributed by atoms with Gasteiger partial charge in [0.1, 0.15) is 11.9 Å². The minimum absolute atomic E-state index is 0.0185. The number of fused-ring (bicyclic) bond motifs is 5. The van der Waals surface area contributed by atoms with Crippen molar-refractivity contribution in [2.75, 3.05) is 0 Å². The van der Waals surface area contributed by atoms with Crippen LogP contribution in [0.25, 0.3) is 0 Å². The molecular formula is C23H28O5. The molecule has 5 heteroatoms.